The molecule has 2 aromatic carbocycles. The number of hydrogen-bond donors (Lipinski definition) is 1. The lowest BCUT2D eigenvalue weighted by atomic mass is 9.99. The van der Waals surface area contributed by atoms with Gasteiger partial charge in [0.05, 0.1) is 14.2 Å². The highest BCUT2D eigenvalue weighted by Crippen LogP contribution is 2.27. The van der Waals surface area contributed by atoms with Gasteiger partial charge < -0.3 is 15.2 Å². The summed E-state index contributed by atoms with van der Waals surface area (Å²) in [5.74, 6) is 1.47. The number of ether oxygens (including phenoxy) is 2. The molecule has 0 fully saturated rings. The molecule has 0 aliphatic rings. The third-order valence-electron chi connectivity index (χ3n) is 3.15. The van der Waals surface area contributed by atoms with Crippen molar-refractivity contribution < 1.29 is 9.47 Å². The van der Waals surface area contributed by atoms with Gasteiger partial charge in [0.1, 0.15) is 11.5 Å². The molecule has 2 N–H and O–H groups in total. The van der Waals surface area contributed by atoms with Gasteiger partial charge in [-0.3, -0.25) is 0 Å². The molecule has 1 unspecified atom stereocenters. The summed E-state index contributed by atoms with van der Waals surface area (Å²) in [6.45, 7) is 0. The van der Waals surface area contributed by atoms with E-state index in [9.17, 15) is 0 Å². The first kappa shape index (κ1) is 14.7. The second-order valence-electron chi connectivity index (χ2n) is 4.59. The highest BCUT2D eigenvalue weighted by Gasteiger charge is 2.11. The maximum absolute atomic E-state index is 6.27. The quantitative estimate of drug-likeness (QED) is 0.915. The van der Waals surface area contributed by atoms with Crippen molar-refractivity contribution in [3.05, 3.63) is 58.6 Å². The third-order valence-corrected chi connectivity index (χ3v) is 3.38. The first-order valence-corrected chi connectivity index (χ1v) is 6.73. The van der Waals surface area contributed by atoms with E-state index in [0.717, 1.165) is 27.6 Å². The number of nitrogens with two attached hydrogens (primary N) is 1. The van der Waals surface area contributed by atoms with Crippen LogP contribution in [-0.4, -0.2) is 14.2 Å². The van der Waals surface area contributed by atoms with Crippen LogP contribution in [0.4, 0.5) is 0 Å². The van der Waals surface area contributed by atoms with Gasteiger partial charge in [-0.05, 0) is 41.8 Å². The van der Waals surface area contributed by atoms with E-state index < -0.39 is 0 Å². The summed E-state index contributed by atoms with van der Waals surface area (Å²) in [4.78, 5) is 0. The molecule has 106 valence electrons. The zero-order valence-electron chi connectivity index (χ0n) is 11.6. The smallest absolute Gasteiger partial charge is 0.122 e. The van der Waals surface area contributed by atoms with Crippen molar-refractivity contribution in [3.63, 3.8) is 0 Å². The molecule has 0 amide bonds. The lowest BCUT2D eigenvalue weighted by molar-refractivity contribution is 0.392. The predicted molar refractivity (Wildman–Crippen MR) is 81.6 cm³/mol. The lowest BCUT2D eigenvalue weighted by Gasteiger charge is -2.15. The molecule has 0 aromatic heterocycles. The van der Waals surface area contributed by atoms with Crippen molar-refractivity contribution in [1.29, 1.82) is 0 Å². The normalized spacial score (nSPS) is 12.0. The van der Waals surface area contributed by atoms with Gasteiger partial charge in [-0.2, -0.15) is 0 Å². The molecular weight excluding hydrogens is 274 g/mol. The summed E-state index contributed by atoms with van der Waals surface area (Å²) in [5, 5.41) is 0.720. The first-order chi connectivity index (χ1) is 9.62. The molecule has 4 heteroatoms. The molecule has 2 aromatic rings. The summed E-state index contributed by atoms with van der Waals surface area (Å²) in [5.41, 5.74) is 8.35. The third kappa shape index (κ3) is 3.65. The maximum Gasteiger partial charge on any atom is 0.122 e. The van der Waals surface area contributed by atoms with Gasteiger partial charge in [0.25, 0.3) is 0 Å². The van der Waals surface area contributed by atoms with Crippen LogP contribution in [0.25, 0.3) is 0 Å². The van der Waals surface area contributed by atoms with E-state index in [-0.39, 0.29) is 6.04 Å². The van der Waals surface area contributed by atoms with Crippen LogP contribution in [0.2, 0.25) is 5.02 Å². The van der Waals surface area contributed by atoms with Crippen LogP contribution < -0.4 is 15.2 Å². The van der Waals surface area contributed by atoms with E-state index in [1.807, 2.05) is 42.5 Å². The zero-order valence-corrected chi connectivity index (χ0v) is 12.4. The van der Waals surface area contributed by atoms with E-state index in [2.05, 4.69) is 0 Å². The molecule has 0 saturated carbocycles. The van der Waals surface area contributed by atoms with Crippen LogP contribution in [0.5, 0.6) is 11.5 Å². The Morgan fingerprint density at radius 1 is 1.05 bits per heavy atom. The zero-order chi connectivity index (χ0) is 14.5. The molecule has 1 atom stereocenters. The summed E-state index contributed by atoms with van der Waals surface area (Å²) < 4.78 is 10.5. The average molecular weight is 292 g/mol. The highest BCUT2D eigenvalue weighted by atomic mass is 35.5. The Morgan fingerprint density at radius 2 is 1.70 bits per heavy atom. The van der Waals surface area contributed by atoms with Gasteiger partial charge in [0.2, 0.25) is 0 Å². The van der Waals surface area contributed by atoms with Gasteiger partial charge in [-0.15, -0.1) is 0 Å². The fourth-order valence-electron chi connectivity index (χ4n) is 2.08. The Hall–Kier alpha value is -1.71. The van der Waals surface area contributed by atoms with Crippen LogP contribution in [0.3, 0.4) is 0 Å². The van der Waals surface area contributed by atoms with Gasteiger partial charge in [0, 0.05) is 17.1 Å². The van der Waals surface area contributed by atoms with Crippen molar-refractivity contribution in [1.82, 2.24) is 0 Å². The highest BCUT2D eigenvalue weighted by molar-refractivity contribution is 6.30. The Bertz CT molecular complexity index is 564. The van der Waals surface area contributed by atoms with Crippen molar-refractivity contribution >= 4 is 11.6 Å². The van der Waals surface area contributed by atoms with Gasteiger partial charge in [-0.25, -0.2) is 0 Å². The molecule has 0 spiro atoms. The molecule has 0 saturated heterocycles. The molecule has 2 rings (SSSR count). The van der Waals surface area contributed by atoms with Gasteiger partial charge in [-0.1, -0.05) is 23.7 Å². The minimum atomic E-state index is -0.141. The minimum Gasteiger partial charge on any atom is -0.497 e. The van der Waals surface area contributed by atoms with Crippen molar-refractivity contribution in [2.45, 2.75) is 12.5 Å². The molecule has 0 bridgehead atoms. The summed E-state index contributed by atoms with van der Waals surface area (Å²) in [6, 6.07) is 13.3. The average Bonchev–Trinajstić information content (AvgIpc) is 2.46. The summed E-state index contributed by atoms with van der Waals surface area (Å²) in [6.07, 6.45) is 0.705. The second kappa shape index (κ2) is 6.64. The maximum atomic E-state index is 6.27. The fourth-order valence-corrected chi connectivity index (χ4v) is 2.29. The predicted octanol–water partition coefficient (Wildman–Crippen LogP) is 3.60. The number of methoxy groups -OCH3 is 2. The molecule has 3 nitrogen and oxygen atoms in total. The molecule has 0 heterocycles. The molecule has 0 radical (unpaired) electrons. The Labute approximate surface area is 124 Å². The number of halogens is 1. The van der Waals surface area contributed by atoms with Crippen LogP contribution in [0, 0.1) is 0 Å². The fraction of sp³-hybridized carbons (Fsp3) is 0.250. The van der Waals surface area contributed by atoms with Crippen molar-refractivity contribution in [2.24, 2.45) is 5.73 Å². The van der Waals surface area contributed by atoms with Crippen LogP contribution >= 0.6 is 11.6 Å². The molecule has 0 aliphatic carbocycles. The van der Waals surface area contributed by atoms with Crippen LogP contribution in [-0.2, 0) is 6.42 Å². The van der Waals surface area contributed by atoms with E-state index in [1.54, 1.807) is 14.2 Å². The standard InChI is InChI=1S/C16H18ClNO2/c1-19-14-8-12(9-15(10-14)20-2)16(18)7-11-4-3-5-13(17)6-11/h3-6,8-10,16H,7,18H2,1-2H3. The Balaban J connectivity index is 2.22. The topological polar surface area (TPSA) is 44.5 Å². The number of benzene rings is 2. The summed E-state index contributed by atoms with van der Waals surface area (Å²) in [7, 11) is 3.25. The minimum absolute atomic E-state index is 0.141. The first-order valence-electron chi connectivity index (χ1n) is 6.35. The Morgan fingerprint density at radius 3 is 2.25 bits per heavy atom. The second-order valence-corrected chi connectivity index (χ2v) is 5.02. The lowest BCUT2D eigenvalue weighted by Crippen LogP contribution is -2.13. The number of hydrogen-bond acceptors (Lipinski definition) is 3. The number of rotatable bonds is 5. The SMILES string of the molecule is COc1cc(OC)cc(C(N)Cc2cccc(Cl)c2)c1. The largest absolute Gasteiger partial charge is 0.497 e. The van der Waals surface area contributed by atoms with E-state index in [1.165, 1.54) is 0 Å². The van der Waals surface area contributed by atoms with Crippen molar-refractivity contribution in [2.75, 3.05) is 14.2 Å². The van der Waals surface area contributed by atoms with Gasteiger partial charge in [0.15, 0.2) is 0 Å². The van der Waals surface area contributed by atoms with Crippen LogP contribution in [0.1, 0.15) is 17.2 Å². The van der Waals surface area contributed by atoms with E-state index in [4.69, 9.17) is 26.8 Å². The monoisotopic (exact) mass is 291 g/mol. The van der Waals surface area contributed by atoms with Crippen LogP contribution in [0.15, 0.2) is 42.5 Å². The van der Waals surface area contributed by atoms with E-state index >= 15 is 0 Å². The van der Waals surface area contributed by atoms with Gasteiger partial charge >= 0.3 is 0 Å². The molecular formula is C16H18ClNO2. The summed E-state index contributed by atoms with van der Waals surface area (Å²) >= 11 is 5.99. The molecule has 20 heavy (non-hydrogen) atoms. The Kier molecular flexibility index (Phi) is 4.88. The van der Waals surface area contributed by atoms with E-state index in [0.29, 0.717) is 6.42 Å². The molecule has 0 aliphatic heterocycles. The van der Waals surface area contributed by atoms with Crippen molar-refractivity contribution in [3.8, 4) is 11.5 Å².